The van der Waals surface area contributed by atoms with E-state index in [1.54, 1.807) is 19.2 Å². The van der Waals surface area contributed by atoms with Crippen LogP contribution >= 0.6 is 0 Å². The monoisotopic (exact) mass is 311 g/mol. The van der Waals surface area contributed by atoms with Gasteiger partial charge in [0.05, 0.1) is 0 Å². The quantitative estimate of drug-likeness (QED) is 0.678. The lowest BCUT2D eigenvalue weighted by atomic mass is 9.81. The summed E-state index contributed by atoms with van der Waals surface area (Å²) in [6.07, 6.45) is 3.60. The van der Waals surface area contributed by atoms with Crippen molar-refractivity contribution in [2.75, 3.05) is 33.9 Å². The van der Waals surface area contributed by atoms with E-state index in [0.717, 1.165) is 26.1 Å². The van der Waals surface area contributed by atoms with Gasteiger partial charge in [-0.2, -0.15) is 0 Å². The number of unbranched alkanes of at least 4 members (excludes halogenated alkanes) is 1. The zero-order chi connectivity index (χ0) is 17.0. The Morgan fingerprint density at radius 1 is 1.09 bits per heavy atom. The lowest BCUT2D eigenvalue weighted by molar-refractivity contribution is 0.215. The van der Waals surface area contributed by atoms with Crippen LogP contribution in [0.25, 0.3) is 0 Å². The van der Waals surface area contributed by atoms with Crippen LogP contribution in [0.5, 0.6) is 0 Å². The van der Waals surface area contributed by atoms with E-state index in [9.17, 15) is 4.39 Å². The van der Waals surface area contributed by atoms with Crippen LogP contribution in [0.3, 0.4) is 0 Å². The molecular formula is C19H34FNO. The molecule has 0 fully saturated rings. The highest BCUT2D eigenvalue weighted by Gasteiger charge is 2.20. The molecule has 0 amide bonds. The van der Waals surface area contributed by atoms with E-state index < -0.39 is 0 Å². The number of rotatable bonds is 8. The van der Waals surface area contributed by atoms with Gasteiger partial charge in [-0.15, -0.1) is 0 Å². The maximum absolute atomic E-state index is 12.9. The molecule has 0 saturated carbocycles. The molecular weight excluding hydrogens is 277 g/mol. The van der Waals surface area contributed by atoms with E-state index >= 15 is 0 Å². The Labute approximate surface area is 136 Å². The van der Waals surface area contributed by atoms with Crippen LogP contribution in [-0.4, -0.2) is 38.8 Å². The summed E-state index contributed by atoms with van der Waals surface area (Å²) in [5.41, 5.74) is 1.32. The minimum absolute atomic E-state index is 0.105. The maximum atomic E-state index is 12.9. The van der Waals surface area contributed by atoms with Gasteiger partial charge in [0, 0.05) is 13.7 Å². The largest absolute Gasteiger partial charge is 0.385 e. The fourth-order valence-corrected chi connectivity index (χ4v) is 2.06. The molecule has 0 bridgehead atoms. The summed E-state index contributed by atoms with van der Waals surface area (Å²) in [6.45, 7) is 11.7. The molecule has 0 spiro atoms. The fraction of sp³-hybridized carbons (Fsp3) is 0.684. The summed E-state index contributed by atoms with van der Waals surface area (Å²) in [7, 11) is 3.86. The van der Waals surface area contributed by atoms with Crippen molar-refractivity contribution in [2.24, 2.45) is 0 Å². The van der Waals surface area contributed by atoms with Gasteiger partial charge in [0.15, 0.2) is 0 Å². The Kier molecular flexibility index (Phi) is 11.1. The van der Waals surface area contributed by atoms with Crippen molar-refractivity contribution >= 4 is 0 Å². The molecule has 22 heavy (non-hydrogen) atoms. The van der Waals surface area contributed by atoms with E-state index in [4.69, 9.17) is 0 Å². The summed E-state index contributed by atoms with van der Waals surface area (Å²) in [4.78, 5) is 2.38. The van der Waals surface area contributed by atoms with Crippen molar-refractivity contribution in [1.29, 1.82) is 0 Å². The Bertz CT molecular complexity index is 374. The van der Waals surface area contributed by atoms with Crippen LogP contribution < -0.4 is 0 Å². The van der Waals surface area contributed by atoms with Crippen molar-refractivity contribution < 1.29 is 9.13 Å². The highest BCUT2D eigenvalue weighted by molar-refractivity contribution is 5.24. The molecule has 2 nitrogen and oxygen atoms in total. The van der Waals surface area contributed by atoms with E-state index in [1.807, 2.05) is 19.1 Å². The average Bonchev–Trinajstić information content (AvgIpc) is 2.51. The number of ether oxygens (including phenoxy) is 1. The first-order valence-corrected chi connectivity index (χ1v) is 8.30. The van der Waals surface area contributed by atoms with Crippen molar-refractivity contribution in [3.63, 3.8) is 0 Å². The van der Waals surface area contributed by atoms with Crippen molar-refractivity contribution in [3.8, 4) is 0 Å². The molecule has 0 atom stereocenters. The molecule has 0 unspecified atom stereocenters. The minimum atomic E-state index is -0.158. The van der Waals surface area contributed by atoms with Crippen LogP contribution in [0, 0.1) is 5.82 Å². The predicted molar refractivity (Wildman–Crippen MR) is 94.0 cm³/mol. The normalized spacial score (nSPS) is 11.3. The third-order valence-corrected chi connectivity index (χ3v) is 3.93. The molecule has 0 aromatic heterocycles. The van der Waals surface area contributed by atoms with Crippen LogP contribution in [0.15, 0.2) is 24.3 Å². The topological polar surface area (TPSA) is 12.5 Å². The van der Waals surface area contributed by atoms with Crippen LogP contribution in [0.2, 0.25) is 0 Å². The molecule has 1 rings (SSSR count). The van der Waals surface area contributed by atoms with Gasteiger partial charge in [0.2, 0.25) is 0 Å². The standard InChI is InChI=1S/C16H26FN.C3H8O/c1-5-6-12-18(4)13-11-16(2,3)14-7-9-15(17)10-8-14;1-3-4-2/h7-10H,5-6,11-13H2,1-4H3;3H2,1-2H3. The SMILES string of the molecule is CCCCN(C)CCC(C)(C)c1ccc(F)cc1.CCOC. The Hall–Kier alpha value is -0.930. The maximum Gasteiger partial charge on any atom is 0.123 e. The first kappa shape index (κ1) is 21.1. The third kappa shape index (κ3) is 9.16. The molecule has 0 N–H and O–H groups in total. The zero-order valence-corrected chi connectivity index (χ0v) is 15.3. The van der Waals surface area contributed by atoms with Crippen molar-refractivity contribution in [1.82, 2.24) is 4.90 Å². The first-order chi connectivity index (χ1) is 10.4. The van der Waals surface area contributed by atoms with Crippen LogP contribution in [0.1, 0.15) is 52.5 Å². The van der Waals surface area contributed by atoms with Gasteiger partial charge >= 0.3 is 0 Å². The molecule has 0 aliphatic carbocycles. The van der Waals surface area contributed by atoms with E-state index in [1.165, 1.54) is 18.4 Å². The van der Waals surface area contributed by atoms with E-state index in [2.05, 4.69) is 37.5 Å². The number of methoxy groups -OCH3 is 1. The average molecular weight is 311 g/mol. The molecule has 1 aromatic carbocycles. The molecule has 1 aromatic rings. The Balaban J connectivity index is 0.000000980. The van der Waals surface area contributed by atoms with Crippen LogP contribution in [-0.2, 0) is 10.2 Å². The number of hydrogen-bond acceptors (Lipinski definition) is 2. The Morgan fingerprint density at radius 2 is 1.64 bits per heavy atom. The van der Waals surface area contributed by atoms with E-state index in [0.29, 0.717) is 0 Å². The van der Waals surface area contributed by atoms with Crippen molar-refractivity contribution in [3.05, 3.63) is 35.6 Å². The third-order valence-electron chi connectivity index (χ3n) is 3.93. The van der Waals surface area contributed by atoms with Crippen molar-refractivity contribution in [2.45, 2.75) is 52.4 Å². The highest BCUT2D eigenvalue weighted by Crippen LogP contribution is 2.27. The number of benzene rings is 1. The predicted octanol–water partition coefficient (Wildman–Crippen LogP) is 4.88. The summed E-state index contributed by atoms with van der Waals surface area (Å²) in [5, 5.41) is 0. The number of hydrogen-bond donors (Lipinski definition) is 0. The first-order valence-electron chi connectivity index (χ1n) is 8.30. The minimum Gasteiger partial charge on any atom is -0.385 e. The zero-order valence-electron chi connectivity index (χ0n) is 15.3. The van der Waals surface area contributed by atoms with Gasteiger partial charge < -0.3 is 9.64 Å². The van der Waals surface area contributed by atoms with Gasteiger partial charge in [0.25, 0.3) is 0 Å². The van der Waals surface area contributed by atoms with Gasteiger partial charge in [-0.3, -0.25) is 0 Å². The van der Waals surface area contributed by atoms with Gasteiger partial charge in [0.1, 0.15) is 5.82 Å². The fourth-order valence-electron chi connectivity index (χ4n) is 2.06. The molecule has 0 aliphatic rings. The molecule has 0 heterocycles. The van der Waals surface area contributed by atoms with Gasteiger partial charge in [-0.25, -0.2) is 4.39 Å². The summed E-state index contributed by atoms with van der Waals surface area (Å²) in [5.74, 6) is -0.158. The lowest BCUT2D eigenvalue weighted by Gasteiger charge is -2.28. The van der Waals surface area contributed by atoms with Crippen LogP contribution in [0.4, 0.5) is 4.39 Å². The highest BCUT2D eigenvalue weighted by atomic mass is 19.1. The summed E-state index contributed by atoms with van der Waals surface area (Å²) in [6, 6.07) is 6.92. The molecule has 0 aliphatic heterocycles. The molecule has 0 saturated heterocycles. The lowest BCUT2D eigenvalue weighted by Crippen LogP contribution is -2.28. The van der Waals surface area contributed by atoms with E-state index in [-0.39, 0.29) is 11.2 Å². The number of nitrogens with zero attached hydrogens (tertiary/aromatic N) is 1. The smallest absolute Gasteiger partial charge is 0.123 e. The summed E-state index contributed by atoms with van der Waals surface area (Å²) >= 11 is 0. The molecule has 128 valence electrons. The Morgan fingerprint density at radius 3 is 2.09 bits per heavy atom. The second-order valence-corrected chi connectivity index (χ2v) is 6.37. The van der Waals surface area contributed by atoms with Gasteiger partial charge in [-0.05, 0) is 63.0 Å². The summed E-state index contributed by atoms with van der Waals surface area (Å²) < 4.78 is 17.5. The second kappa shape index (κ2) is 11.6. The van der Waals surface area contributed by atoms with Gasteiger partial charge in [-0.1, -0.05) is 39.3 Å². The molecule has 0 radical (unpaired) electrons. The second-order valence-electron chi connectivity index (χ2n) is 6.37. The molecule has 3 heteroatoms. The number of halogens is 1.